The number of nitrogens with zero attached hydrogens (tertiary/aromatic N) is 1. The molecular formula is C33H38AlFN2O5. The summed E-state index contributed by atoms with van der Waals surface area (Å²) >= 11 is 0. The number of carbonyl (C=O) groups excluding carboxylic acids is 1. The molecule has 3 aromatic carbocycles. The molecule has 0 aliphatic carbocycles. The molecule has 1 amide bonds. The number of amides is 1. The molecule has 1 heterocycles. The molecule has 9 heteroatoms. The molecule has 220 valence electrons. The van der Waals surface area contributed by atoms with Crippen LogP contribution in [0.25, 0.3) is 22.4 Å². The van der Waals surface area contributed by atoms with Gasteiger partial charge in [0, 0.05) is 23.5 Å². The molecule has 4 N–H and O–H groups in total. The van der Waals surface area contributed by atoms with Crippen molar-refractivity contribution in [1.29, 1.82) is 0 Å². The van der Waals surface area contributed by atoms with Gasteiger partial charge in [-0.15, -0.1) is 0 Å². The predicted octanol–water partition coefficient (Wildman–Crippen LogP) is 5.13. The fourth-order valence-corrected chi connectivity index (χ4v) is 5.20. The van der Waals surface area contributed by atoms with Gasteiger partial charge in [0.2, 0.25) is 0 Å². The van der Waals surface area contributed by atoms with Gasteiger partial charge in [0.1, 0.15) is 5.82 Å². The first-order valence-electron chi connectivity index (χ1n) is 13.7. The smallest absolute Gasteiger partial charge is 0.305 e. The van der Waals surface area contributed by atoms with Crippen LogP contribution >= 0.6 is 0 Å². The summed E-state index contributed by atoms with van der Waals surface area (Å²) in [5.74, 6) is -1.93. The quantitative estimate of drug-likeness (QED) is 0.172. The van der Waals surface area contributed by atoms with Crippen molar-refractivity contribution in [1.82, 2.24) is 4.57 Å². The minimum Gasteiger partial charge on any atom is -0.481 e. The Bertz CT molecular complexity index is 1470. The molecule has 0 spiro atoms. The second kappa shape index (κ2) is 14.9. The van der Waals surface area contributed by atoms with Crippen LogP contribution in [0.1, 0.15) is 55.1 Å². The summed E-state index contributed by atoms with van der Waals surface area (Å²) in [7, 11) is 0. The molecule has 1 aromatic heterocycles. The lowest BCUT2D eigenvalue weighted by molar-refractivity contribution is -0.139. The van der Waals surface area contributed by atoms with Crippen molar-refractivity contribution in [2.24, 2.45) is 0 Å². The number of aromatic nitrogens is 1. The number of nitrogens with one attached hydrogen (secondary N) is 1. The van der Waals surface area contributed by atoms with Crippen LogP contribution in [-0.2, 0) is 11.3 Å². The molecular weight excluding hydrogens is 550 g/mol. The van der Waals surface area contributed by atoms with Gasteiger partial charge < -0.3 is 25.2 Å². The molecule has 0 radical (unpaired) electrons. The molecule has 0 bridgehead atoms. The summed E-state index contributed by atoms with van der Waals surface area (Å²) in [5, 5.41) is 32.8. The summed E-state index contributed by atoms with van der Waals surface area (Å²) in [5.41, 5.74) is 4.77. The summed E-state index contributed by atoms with van der Waals surface area (Å²) < 4.78 is 16.0. The number of carboxylic acids is 1. The summed E-state index contributed by atoms with van der Waals surface area (Å²) in [6.07, 6.45) is -2.51. The molecule has 0 aliphatic heterocycles. The Morgan fingerprint density at radius 2 is 1.45 bits per heavy atom. The Balaban J connectivity index is 0.00000484. The number of para-hydroxylation sites is 1. The first-order valence-corrected chi connectivity index (χ1v) is 13.7. The Morgan fingerprint density at radius 1 is 0.857 bits per heavy atom. The number of halogens is 1. The van der Waals surface area contributed by atoms with E-state index in [9.17, 15) is 24.2 Å². The third kappa shape index (κ3) is 7.96. The van der Waals surface area contributed by atoms with E-state index in [2.05, 4.69) is 5.32 Å². The van der Waals surface area contributed by atoms with Gasteiger partial charge >= 0.3 is 5.97 Å². The number of carbonyl (C=O) groups is 2. The molecule has 0 saturated heterocycles. The minimum absolute atomic E-state index is 0. The zero-order valence-electron chi connectivity index (χ0n) is 23.1. The van der Waals surface area contributed by atoms with Crippen LogP contribution < -0.4 is 5.32 Å². The molecule has 7 nitrogen and oxygen atoms in total. The van der Waals surface area contributed by atoms with E-state index in [0.717, 1.165) is 11.3 Å². The van der Waals surface area contributed by atoms with Crippen LogP contribution in [0.2, 0.25) is 0 Å². The van der Waals surface area contributed by atoms with Gasteiger partial charge in [-0.2, -0.15) is 0 Å². The van der Waals surface area contributed by atoms with Crippen molar-refractivity contribution in [3.8, 4) is 22.4 Å². The highest BCUT2D eigenvalue weighted by atomic mass is 27.0. The van der Waals surface area contributed by atoms with Crippen LogP contribution in [0.5, 0.6) is 0 Å². The normalized spacial score (nSPS) is 12.4. The zero-order chi connectivity index (χ0) is 29.5. The molecule has 4 aromatic rings. The van der Waals surface area contributed by atoms with Crippen molar-refractivity contribution >= 4 is 34.9 Å². The highest BCUT2D eigenvalue weighted by Crippen LogP contribution is 2.42. The number of hydrogen-bond acceptors (Lipinski definition) is 4. The van der Waals surface area contributed by atoms with Gasteiger partial charge in [0.15, 0.2) is 17.4 Å². The number of rotatable bonds is 12. The molecule has 4 rings (SSSR count). The average Bonchev–Trinajstić information content (AvgIpc) is 3.28. The van der Waals surface area contributed by atoms with Crippen LogP contribution in [0.3, 0.4) is 0 Å². The van der Waals surface area contributed by atoms with Crippen molar-refractivity contribution in [3.05, 3.63) is 102 Å². The highest BCUT2D eigenvalue weighted by molar-refractivity contribution is 6.12. The van der Waals surface area contributed by atoms with E-state index in [0.29, 0.717) is 28.1 Å². The lowest BCUT2D eigenvalue weighted by Gasteiger charge is -2.20. The number of anilines is 1. The maximum Gasteiger partial charge on any atom is 0.305 e. The van der Waals surface area contributed by atoms with Crippen molar-refractivity contribution < 1.29 is 29.3 Å². The standard InChI is InChI=1S/C33H35FN2O5.Al.3H/c1-21(2)31-30(33(41)35-25-11-7-4-8-12-25)29(22-9-5-3-6-10-22)32(23-13-15-24(34)16-14-23)36(31)18-17-26(37)19-27(38)20-28(39)40;;;;/h3-16,21,26-27,37-38H,17-20H2,1-2H3,(H,35,41)(H,39,40);;;;/t26-,27-;;;;/m1..../s1. The third-order valence-electron chi connectivity index (χ3n) is 6.93. The number of benzene rings is 3. The Morgan fingerprint density at radius 3 is 2.02 bits per heavy atom. The van der Waals surface area contributed by atoms with Gasteiger partial charge in [0.05, 0.1) is 29.9 Å². The first-order chi connectivity index (χ1) is 19.7. The maximum atomic E-state index is 14.0. The SMILES string of the molecule is CC(C)c1c(C(=O)Nc2ccccc2)c(-c2ccccc2)c(-c2ccc(F)cc2)n1CC[C@@H](O)C[C@@H](O)CC(=O)O.[AlH3]. The van der Waals surface area contributed by atoms with E-state index in [1.165, 1.54) is 12.1 Å². The first kappa shape index (κ1) is 32.8. The number of aliphatic carboxylic acids is 1. The zero-order valence-corrected chi connectivity index (χ0v) is 23.1. The van der Waals surface area contributed by atoms with Gasteiger partial charge in [-0.3, -0.25) is 9.59 Å². The van der Waals surface area contributed by atoms with Gasteiger partial charge in [-0.05, 0) is 66.3 Å². The van der Waals surface area contributed by atoms with E-state index in [1.54, 1.807) is 12.1 Å². The Hall–Kier alpha value is -3.74. The van der Waals surface area contributed by atoms with Crippen molar-refractivity contribution in [3.63, 3.8) is 0 Å². The largest absolute Gasteiger partial charge is 0.481 e. The fraction of sp³-hybridized carbons (Fsp3) is 0.273. The van der Waals surface area contributed by atoms with Gasteiger partial charge in [-0.25, -0.2) is 4.39 Å². The second-order valence-corrected chi connectivity index (χ2v) is 10.4. The highest BCUT2D eigenvalue weighted by Gasteiger charge is 2.31. The topological polar surface area (TPSA) is 112 Å². The number of aliphatic hydroxyl groups is 2. The van der Waals surface area contributed by atoms with E-state index in [4.69, 9.17) is 5.11 Å². The van der Waals surface area contributed by atoms with Crippen molar-refractivity contribution in [2.45, 2.75) is 57.8 Å². The van der Waals surface area contributed by atoms with Crippen LogP contribution in [0.4, 0.5) is 10.1 Å². The maximum absolute atomic E-state index is 14.0. The lowest BCUT2D eigenvalue weighted by atomic mass is 9.94. The molecule has 0 fully saturated rings. The van der Waals surface area contributed by atoms with Crippen LogP contribution in [0.15, 0.2) is 84.9 Å². The van der Waals surface area contributed by atoms with Crippen LogP contribution in [-0.4, -0.2) is 61.3 Å². The van der Waals surface area contributed by atoms with E-state index in [-0.39, 0.29) is 54.4 Å². The minimum atomic E-state index is -1.18. The van der Waals surface area contributed by atoms with Crippen molar-refractivity contribution in [2.75, 3.05) is 5.32 Å². The predicted molar refractivity (Wildman–Crippen MR) is 167 cm³/mol. The molecule has 0 unspecified atom stereocenters. The Kier molecular flexibility index (Phi) is 11.7. The summed E-state index contributed by atoms with van der Waals surface area (Å²) in [6.45, 7) is 4.25. The molecule has 42 heavy (non-hydrogen) atoms. The molecule has 0 aliphatic rings. The second-order valence-electron chi connectivity index (χ2n) is 10.4. The average molecular weight is 589 g/mol. The summed E-state index contributed by atoms with van der Waals surface area (Å²) in [4.78, 5) is 25.0. The molecule has 0 saturated carbocycles. The monoisotopic (exact) mass is 588 g/mol. The Labute approximate surface area is 255 Å². The van der Waals surface area contributed by atoms with Gasteiger partial charge in [-0.1, -0.05) is 62.4 Å². The number of aliphatic hydroxyl groups excluding tert-OH is 2. The van der Waals surface area contributed by atoms with E-state index < -0.39 is 24.6 Å². The molecule has 2 atom stereocenters. The van der Waals surface area contributed by atoms with Gasteiger partial charge in [0.25, 0.3) is 5.91 Å². The fourth-order valence-electron chi connectivity index (χ4n) is 5.20. The lowest BCUT2D eigenvalue weighted by Crippen LogP contribution is -2.22. The summed E-state index contributed by atoms with van der Waals surface area (Å²) in [6, 6.07) is 24.8. The van der Waals surface area contributed by atoms with Crippen LogP contribution in [0, 0.1) is 5.82 Å². The number of hydrogen-bond donors (Lipinski definition) is 4. The van der Waals surface area contributed by atoms with E-state index in [1.807, 2.05) is 79.1 Å². The third-order valence-corrected chi connectivity index (χ3v) is 6.93. The number of carboxylic acid groups (broad SMARTS) is 1. The van der Waals surface area contributed by atoms with E-state index >= 15 is 0 Å².